The Morgan fingerprint density at radius 2 is 1.64 bits per heavy atom. The number of nitrogens with one attached hydrogen (secondary N) is 1. The van der Waals surface area contributed by atoms with Crippen LogP contribution in [0.4, 0.5) is 0 Å². The molecule has 0 saturated carbocycles. The summed E-state index contributed by atoms with van der Waals surface area (Å²) in [5.74, 6) is -0.220. The summed E-state index contributed by atoms with van der Waals surface area (Å²) in [7, 11) is 0. The van der Waals surface area contributed by atoms with E-state index in [-0.39, 0.29) is 11.7 Å². The van der Waals surface area contributed by atoms with Gasteiger partial charge in [-0.15, -0.1) is 0 Å². The van der Waals surface area contributed by atoms with Crippen molar-refractivity contribution in [1.29, 1.82) is 0 Å². The zero-order chi connectivity index (χ0) is 15.4. The van der Waals surface area contributed by atoms with Gasteiger partial charge in [-0.05, 0) is 42.9 Å². The van der Waals surface area contributed by atoms with Gasteiger partial charge in [0, 0.05) is 12.8 Å². The maximum absolute atomic E-state index is 12.5. The number of aromatic hydroxyl groups is 1. The second kappa shape index (κ2) is 6.20. The lowest BCUT2D eigenvalue weighted by Crippen LogP contribution is -2.43. The maximum atomic E-state index is 12.5. The molecule has 0 unspecified atom stereocenters. The highest BCUT2D eigenvalue weighted by Crippen LogP contribution is 2.35. The van der Waals surface area contributed by atoms with Gasteiger partial charge in [0.2, 0.25) is 0 Å². The Kier molecular flexibility index (Phi) is 4.11. The first kappa shape index (κ1) is 14.6. The van der Waals surface area contributed by atoms with Crippen LogP contribution in [-0.2, 0) is 10.3 Å². The van der Waals surface area contributed by atoms with E-state index in [9.17, 15) is 9.90 Å². The molecule has 0 amide bonds. The monoisotopic (exact) mass is 297 g/mol. The molecule has 2 aromatic carbocycles. The second-order valence-electron chi connectivity index (χ2n) is 5.55. The van der Waals surface area contributed by atoms with E-state index in [4.69, 9.17) is 4.74 Å². The molecule has 2 aromatic rings. The Hall–Kier alpha value is -2.33. The molecule has 114 valence electrons. The Labute approximate surface area is 129 Å². The molecule has 1 aliphatic rings. The van der Waals surface area contributed by atoms with Gasteiger partial charge >= 0.3 is 5.97 Å². The Morgan fingerprint density at radius 1 is 1.00 bits per heavy atom. The normalized spacial score (nSPS) is 16.9. The van der Waals surface area contributed by atoms with Crippen molar-refractivity contribution >= 4 is 5.97 Å². The van der Waals surface area contributed by atoms with Crippen molar-refractivity contribution in [2.75, 3.05) is 13.1 Å². The molecule has 0 atom stereocenters. The van der Waals surface area contributed by atoms with Crippen molar-refractivity contribution in [1.82, 2.24) is 5.32 Å². The first-order valence-corrected chi connectivity index (χ1v) is 7.48. The average Bonchev–Trinajstić information content (AvgIpc) is 2.57. The number of phenols is 1. The quantitative estimate of drug-likeness (QED) is 0.855. The third-order valence-electron chi connectivity index (χ3n) is 4.10. The van der Waals surface area contributed by atoms with E-state index >= 15 is 0 Å². The average molecular weight is 297 g/mol. The van der Waals surface area contributed by atoms with Gasteiger partial charge in [0.1, 0.15) is 11.4 Å². The molecule has 22 heavy (non-hydrogen) atoms. The van der Waals surface area contributed by atoms with E-state index in [2.05, 4.69) is 5.32 Å². The van der Waals surface area contributed by atoms with Crippen molar-refractivity contribution < 1.29 is 14.6 Å². The fraction of sp³-hybridized carbons (Fsp3) is 0.278. The zero-order valence-electron chi connectivity index (χ0n) is 12.3. The van der Waals surface area contributed by atoms with E-state index in [1.807, 2.05) is 30.3 Å². The maximum Gasteiger partial charge on any atom is 0.339 e. The highest BCUT2D eigenvalue weighted by molar-refractivity contribution is 5.89. The molecule has 0 spiro atoms. The van der Waals surface area contributed by atoms with Gasteiger partial charge in [-0.2, -0.15) is 0 Å². The first-order chi connectivity index (χ1) is 10.7. The van der Waals surface area contributed by atoms with Crippen molar-refractivity contribution in [3.05, 3.63) is 65.7 Å². The molecular weight excluding hydrogens is 278 g/mol. The Morgan fingerprint density at radius 3 is 2.27 bits per heavy atom. The van der Waals surface area contributed by atoms with Gasteiger partial charge in [-0.25, -0.2) is 4.79 Å². The van der Waals surface area contributed by atoms with Gasteiger partial charge in [0.05, 0.1) is 5.56 Å². The molecular formula is C18H19NO3. The van der Waals surface area contributed by atoms with Crippen LogP contribution in [0.2, 0.25) is 0 Å². The van der Waals surface area contributed by atoms with E-state index in [1.165, 1.54) is 12.1 Å². The molecule has 2 N–H and O–H groups in total. The van der Waals surface area contributed by atoms with E-state index in [1.54, 1.807) is 12.1 Å². The van der Waals surface area contributed by atoms with E-state index in [0.717, 1.165) is 31.5 Å². The fourth-order valence-electron chi connectivity index (χ4n) is 2.86. The van der Waals surface area contributed by atoms with E-state index in [0.29, 0.717) is 5.56 Å². The highest BCUT2D eigenvalue weighted by atomic mass is 16.6. The Bertz CT molecular complexity index is 631. The number of carbonyl (C=O) groups is 1. The minimum Gasteiger partial charge on any atom is -0.508 e. The number of phenolic OH excluding ortho intramolecular Hbond substituents is 1. The smallest absolute Gasteiger partial charge is 0.339 e. The van der Waals surface area contributed by atoms with Gasteiger partial charge < -0.3 is 15.2 Å². The minimum atomic E-state index is -0.582. The lowest BCUT2D eigenvalue weighted by molar-refractivity contribution is -0.0378. The van der Waals surface area contributed by atoms with Gasteiger partial charge in [0.15, 0.2) is 0 Å². The summed E-state index contributed by atoms with van der Waals surface area (Å²) in [4.78, 5) is 12.5. The van der Waals surface area contributed by atoms with Crippen LogP contribution in [0.1, 0.15) is 28.8 Å². The summed E-state index contributed by atoms with van der Waals surface area (Å²) >= 11 is 0. The number of ether oxygens (including phenoxy) is 1. The summed E-state index contributed by atoms with van der Waals surface area (Å²) in [5.41, 5.74) is 0.900. The fourth-order valence-corrected chi connectivity index (χ4v) is 2.86. The van der Waals surface area contributed by atoms with Crippen LogP contribution >= 0.6 is 0 Å². The topological polar surface area (TPSA) is 58.6 Å². The van der Waals surface area contributed by atoms with Gasteiger partial charge in [-0.1, -0.05) is 30.3 Å². The Balaban J connectivity index is 1.87. The van der Waals surface area contributed by atoms with Crippen LogP contribution in [0.25, 0.3) is 0 Å². The third kappa shape index (κ3) is 2.97. The van der Waals surface area contributed by atoms with Crippen molar-refractivity contribution in [2.45, 2.75) is 18.4 Å². The highest BCUT2D eigenvalue weighted by Gasteiger charge is 2.37. The molecule has 0 radical (unpaired) electrons. The lowest BCUT2D eigenvalue weighted by Gasteiger charge is -2.37. The van der Waals surface area contributed by atoms with Crippen molar-refractivity contribution in [3.63, 3.8) is 0 Å². The number of benzene rings is 2. The van der Waals surface area contributed by atoms with Crippen molar-refractivity contribution in [2.24, 2.45) is 0 Å². The standard InChI is InChI=1S/C18H19NO3/c20-16-8-6-14(7-9-16)17(21)22-18(10-12-19-13-11-18)15-4-2-1-3-5-15/h1-9,19-20H,10-13H2. The molecule has 4 heteroatoms. The summed E-state index contributed by atoms with van der Waals surface area (Å²) in [6.45, 7) is 1.63. The number of hydrogen-bond donors (Lipinski definition) is 2. The predicted octanol–water partition coefficient (Wildman–Crippen LogP) is 2.83. The predicted molar refractivity (Wildman–Crippen MR) is 83.7 cm³/mol. The SMILES string of the molecule is O=C(OC1(c2ccccc2)CCNCC1)c1ccc(O)cc1. The molecule has 3 rings (SSSR count). The molecule has 1 heterocycles. The van der Waals surface area contributed by atoms with E-state index < -0.39 is 5.60 Å². The van der Waals surface area contributed by atoms with Gasteiger partial charge in [0.25, 0.3) is 0 Å². The summed E-state index contributed by atoms with van der Waals surface area (Å²) in [6.07, 6.45) is 1.50. The third-order valence-corrected chi connectivity index (χ3v) is 4.10. The van der Waals surface area contributed by atoms with Crippen molar-refractivity contribution in [3.8, 4) is 5.75 Å². The minimum absolute atomic E-state index is 0.135. The molecule has 1 aliphatic heterocycles. The van der Waals surface area contributed by atoms with Crippen LogP contribution in [-0.4, -0.2) is 24.2 Å². The number of hydrogen-bond acceptors (Lipinski definition) is 4. The largest absolute Gasteiger partial charge is 0.508 e. The second-order valence-corrected chi connectivity index (χ2v) is 5.55. The van der Waals surface area contributed by atoms with Crippen LogP contribution < -0.4 is 5.32 Å². The summed E-state index contributed by atoms with van der Waals surface area (Å²) in [5, 5.41) is 12.6. The summed E-state index contributed by atoms with van der Waals surface area (Å²) < 4.78 is 5.93. The molecule has 1 saturated heterocycles. The number of esters is 1. The summed E-state index contributed by atoms with van der Waals surface area (Å²) in [6, 6.07) is 16.1. The van der Waals surface area contributed by atoms with Crippen LogP contribution in [0.5, 0.6) is 5.75 Å². The van der Waals surface area contributed by atoms with Gasteiger partial charge in [-0.3, -0.25) is 0 Å². The lowest BCUT2D eigenvalue weighted by atomic mass is 9.84. The number of rotatable bonds is 3. The first-order valence-electron chi connectivity index (χ1n) is 7.48. The number of piperidine rings is 1. The molecule has 0 aliphatic carbocycles. The van der Waals surface area contributed by atoms with Crippen LogP contribution in [0, 0.1) is 0 Å². The number of carbonyl (C=O) groups excluding carboxylic acids is 1. The molecule has 0 aromatic heterocycles. The zero-order valence-corrected chi connectivity index (χ0v) is 12.3. The molecule has 1 fully saturated rings. The van der Waals surface area contributed by atoms with Crippen LogP contribution in [0.3, 0.4) is 0 Å². The molecule has 0 bridgehead atoms. The molecule has 4 nitrogen and oxygen atoms in total. The van der Waals surface area contributed by atoms with Crippen LogP contribution in [0.15, 0.2) is 54.6 Å².